The summed E-state index contributed by atoms with van der Waals surface area (Å²) in [6.07, 6.45) is 0. The minimum absolute atomic E-state index is 0.254. The summed E-state index contributed by atoms with van der Waals surface area (Å²) >= 11 is 11.2. The average molecular weight is 285 g/mol. The Kier molecular flexibility index (Phi) is 4.40. The third-order valence-corrected chi connectivity index (χ3v) is 3.45. The van der Waals surface area contributed by atoms with Gasteiger partial charge in [-0.2, -0.15) is 0 Å². The zero-order chi connectivity index (χ0) is 13.1. The first-order valence-corrected chi connectivity index (χ1v) is 6.69. The summed E-state index contributed by atoms with van der Waals surface area (Å²) in [5, 5.41) is 7.72. The van der Waals surface area contributed by atoms with E-state index >= 15 is 0 Å². The van der Waals surface area contributed by atoms with Crippen molar-refractivity contribution in [3.8, 4) is 0 Å². The lowest BCUT2D eigenvalue weighted by Crippen LogP contribution is -2.47. The van der Waals surface area contributed by atoms with E-state index in [0.717, 1.165) is 5.69 Å². The van der Waals surface area contributed by atoms with Gasteiger partial charge in [-0.05, 0) is 44.3 Å². The molecule has 4 N–H and O–H groups in total. The summed E-state index contributed by atoms with van der Waals surface area (Å²) in [6, 6.07) is 8.38. The molecule has 0 radical (unpaired) electrons. The Morgan fingerprint density at radius 1 is 1.28 bits per heavy atom. The molecule has 0 saturated carbocycles. The van der Waals surface area contributed by atoms with Crippen LogP contribution < -0.4 is 21.5 Å². The van der Waals surface area contributed by atoms with Crippen LogP contribution in [0, 0.1) is 0 Å². The lowest BCUT2D eigenvalue weighted by atomic mass is 10.1. The highest BCUT2D eigenvalue weighted by Gasteiger charge is 2.29. The molecule has 0 aliphatic carbocycles. The van der Waals surface area contributed by atoms with Gasteiger partial charge < -0.3 is 10.6 Å². The molecular formula is C12H17ClN4S. The highest BCUT2D eigenvalue weighted by Crippen LogP contribution is 2.15. The van der Waals surface area contributed by atoms with Gasteiger partial charge in [0.1, 0.15) is 0 Å². The van der Waals surface area contributed by atoms with Crippen molar-refractivity contribution < 1.29 is 0 Å². The van der Waals surface area contributed by atoms with E-state index in [1.54, 1.807) is 0 Å². The fourth-order valence-electron chi connectivity index (χ4n) is 2.01. The molecule has 1 heterocycles. The Morgan fingerprint density at radius 2 is 1.94 bits per heavy atom. The zero-order valence-electron chi connectivity index (χ0n) is 10.3. The van der Waals surface area contributed by atoms with Gasteiger partial charge in [-0.3, -0.25) is 10.9 Å². The Hall–Kier alpha value is -0.880. The molecule has 1 aromatic carbocycles. The fourth-order valence-corrected chi connectivity index (χ4v) is 2.45. The third-order valence-electron chi connectivity index (χ3n) is 3.00. The normalized spacial score (nSPS) is 26.9. The number of hydrogen-bond acceptors (Lipinski definition) is 3. The topological polar surface area (TPSA) is 48.1 Å². The van der Waals surface area contributed by atoms with Crippen LogP contribution in [0.1, 0.15) is 13.8 Å². The lowest BCUT2D eigenvalue weighted by Gasteiger charge is -2.21. The molecule has 1 aliphatic rings. The second-order valence-electron chi connectivity index (χ2n) is 4.50. The molecule has 0 bridgehead atoms. The van der Waals surface area contributed by atoms with E-state index in [2.05, 4.69) is 35.3 Å². The van der Waals surface area contributed by atoms with Crippen molar-refractivity contribution >= 4 is 34.6 Å². The van der Waals surface area contributed by atoms with Gasteiger partial charge in [-0.15, -0.1) is 0 Å². The van der Waals surface area contributed by atoms with Crippen molar-refractivity contribution in [2.24, 2.45) is 0 Å². The van der Waals surface area contributed by atoms with E-state index in [0.29, 0.717) is 22.2 Å². The molecule has 2 rings (SSSR count). The first-order chi connectivity index (χ1) is 8.56. The largest absolute Gasteiger partial charge is 0.356 e. The van der Waals surface area contributed by atoms with Gasteiger partial charge in [-0.1, -0.05) is 17.7 Å². The van der Waals surface area contributed by atoms with Crippen LogP contribution in [0.15, 0.2) is 24.3 Å². The van der Waals surface area contributed by atoms with Crippen molar-refractivity contribution in [2.45, 2.75) is 32.0 Å². The molecule has 0 aromatic heterocycles. The first-order valence-electron chi connectivity index (χ1n) is 5.90. The molecule has 6 heteroatoms. The second kappa shape index (κ2) is 5.84. The molecule has 0 spiro atoms. The van der Waals surface area contributed by atoms with Crippen LogP contribution >= 0.6 is 23.8 Å². The summed E-state index contributed by atoms with van der Waals surface area (Å²) in [4.78, 5) is 0. The molecule has 1 fully saturated rings. The molecule has 1 aliphatic heterocycles. The Bertz CT molecular complexity index is 430. The number of hydrogen-bond donors (Lipinski definition) is 4. The predicted molar refractivity (Wildman–Crippen MR) is 79.8 cm³/mol. The number of thiocarbonyl (C=S) groups is 1. The molecule has 1 aromatic rings. The summed E-state index contributed by atoms with van der Waals surface area (Å²) in [5.41, 5.74) is 7.24. The summed E-state index contributed by atoms with van der Waals surface area (Å²) < 4.78 is 0. The van der Waals surface area contributed by atoms with Gasteiger partial charge in [0.25, 0.3) is 0 Å². The SMILES string of the molecule is CC1NNC(C)C1NC(=S)Nc1cccc(Cl)c1. The van der Waals surface area contributed by atoms with Crippen LogP contribution in [0.5, 0.6) is 0 Å². The minimum Gasteiger partial charge on any atom is -0.356 e. The summed E-state index contributed by atoms with van der Waals surface area (Å²) in [5.74, 6) is 0. The molecule has 2 unspecified atom stereocenters. The number of rotatable bonds is 2. The standard InChI is InChI=1S/C12H17ClN4S/c1-7-11(8(2)17-16-7)15-12(18)14-10-5-3-4-9(13)6-10/h3-8,11,16-17H,1-2H3,(H2,14,15,18). The molecular weight excluding hydrogens is 268 g/mol. The van der Waals surface area contributed by atoms with Gasteiger partial charge in [0, 0.05) is 22.8 Å². The summed E-state index contributed by atoms with van der Waals surface area (Å²) in [6.45, 7) is 4.21. The maximum Gasteiger partial charge on any atom is 0.171 e. The van der Waals surface area contributed by atoms with E-state index in [1.165, 1.54) is 0 Å². The lowest BCUT2D eigenvalue weighted by molar-refractivity contribution is 0.519. The smallest absolute Gasteiger partial charge is 0.171 e. The third kappa shape index (κ3) is 3.32. The zero-order valence-corrected chi connectivity index (χ0v) is 11.9. The number of anilines is 1. The van der Waals surface area contributed by atoms with E-state index in [9.17, 15) is 0 Å². The Morgan fingerprint density at radius 3 is 2.56 bits per heavy atom. The van der Waals surface area contributed by atoms with Crippen molar-refractivity contribution in [1.29, 1.82) is 0 Å². The van der Waals surface area contributed by atoms with Gasteiger partial charge in [0.15, 0.2) is 5.11 Å². The average Bonchev–Trinajstić information content (AvgIpc) is 2.61. The minimum atomic E-state index is 0.254. The maximum absolute atomic E-state index is 5.92. The quantitative estimate of drug-likeness (QED) is 0.625. The number of benzene rings is 1. The van der Waals surface area contributed by atoms with Crippen LogP contribution in [0.3, 0.4) is 0 Å². The van der Waals surface area contributed by atoms with Crippen LogP contribution in [-0.4, -0.2) is 23.2 Å². The Balaban J connectivity index is 1.93. The molecule has 98 valence electrons. The van der Waals surface area contributed by atoms with Crippen LogP contribution in [0.4, 0.5) is 5.69 Å². The number of nitrogens with one attached hydrogen (secondary N) is 4. The molecule has 1 saturated heterocycles. The van der Waals surface area contributed by atoms with E-state index < -0.39 is 0 Å². The fraction of sp³-hybridized carbons (Fsp3) is 0.417. The molecule has 18 heavy (non-hydrogen) atoms. The van der Waals surface area contributed by atoms with Crippen molar-refractivity contribution in [1.82, 2.24) is 16.2 Å². The van der Waals surface area contributed by atoms with Crippen molar-refractivity contribution in [2.75, 3.05) is 5.32 Å². The highest BCUT2D eigenvalue weighted by atomic mass is 35.5. The van der Waals surface area contributed by atoms with Crippen LogP contribution in [-0.2, 0) is 0 Å². The summed E-state index contributed by atoms with van der Waals surface area (Å²) in [7, 11) is 0. The molecule has 2 atom stereocenters. The van der Waals surface area contributed by atoms with Gasteiger partial charge in [-0.25, -0.2) is 0 Å². The molecule has 0 amide bonds. The van der Waals surface area contributed by atoms with E-state index in [-0.39, 0.29) is 6.04 Å². The van der Waals surface area contributed by atoms with Crippen molar-refractivity contribution in [3.63, 3.8) is 0 Å². The first kappa shape index (κ1) is 13.5. The monoisotopic (exact) mass is 284 g/mol. The van der Waals surface area contributed by atoms with Gasteiger partial charge >= 0.3 is 0 Å². The van der Waals surface area contributed by atoms with E-state index in [1.807, 2.05) is 24.3 Å². The highest BCUT2D eigenvalue weighted by molar-refractivity contribution is 7.80. The van der Waals surface area contributed by atoms with Crippen molar-refractivity contribution in [3.05, 3.63) is 29.3 Å². The second-order valence-corrected chi connectivity index (χ2v) is 5.35. The van der Waals surface area contributed by atoms with E-state index in [4.69, 9.17) is 23.8 Å². The van der Waals surface area contributed by atoms with Gasteiger partial charge in [0.05, 0.1) is 6.04 Å². The molecule has 4 nitrogen and oxygen atoms in total. The number of hydrazine groups is 1. The van der Waals surface area contributed by atoms with Gasteiger partial charge in [0.2, 0.25) is 0 Å². The maximum atomic E-state index is 5.92. The van der Waals surface area contributed by atoms with Crippen LogP contribution in [0.25, 0.3) is 0 Å². The predicted octanol–water partition coefficient (Wildman–Crippen LogP) is 1.88. The Labute approximate surface area is 117 Å². The van der Waals surface area contributed by atoms with Crippen LogP contribution in [0.2, 0.25) is 5.02 Å². The number of halogens is 1.